The Labute approximate surface area is 188 Å². The van der Waals surface area contributed by atoms with Crippen molar-refractivity contribution in [2.24, 2.45) is 0 Å². The molecule has 1 aliphatic heterocycles. The van der Waals surface area contributed by atoms with Crippen molar-refractivity contribution in [2.45, 2.75) is 18.3 Å². The average molecular weight is 456 g/mol. The molecule has 10 heteroatoms. The fraction of sp³-hybridized carbons (Fsp3) is 0.182. The molecule has 164 valence electrons. The molecule has 2 heterocycles. The molecule has 1 saturated carbocycles. The molecule has 32 heavy (non-hydrogen) atoms. The predicted octanol–water partition coefficient (Wildman–Crippen LogP) is 5.24. The molecule has 0 unspecified atom stereocenters. The summed E-state index contributed by atoms with van der Waals surface area (Å²) in [5.41, 5.74) is 1.51. The van der Waals surface area contributed by atoms with Gasteiger partial charge in [0.1, 0.15) is 17.2 Å². The summed E-state index contributed by atoms with van der Waals surface area (Å²) in [4.78, 5) is 26.4. The summed E-state index contributed by atoms with van der Waals surface area (Å²) >= 11 is 0. The quantitative estimate of drug-likeness (QED) is 0.413. The van der Waals surface area contributed by atoms with Crippen LogP contribution in [0.25, 0.3) is 0 Å². The SMILES string of the molecule is Cl.O=C(Nc1ccc(Oc2cccc3c2C2(CC2)CO3)nc1)Oc1ccc([N+](=O)[O-])cc1. The highest BCUT2D eigenvalue weighted by Gasteiger charge is 2.52. The summed E-state index contributed by atoms with van der Waals surface area (Å²) in [6.45, 7) is 0.690. The molecule has 5 rings (SSSR count). The monoisotopic (exact) mass is 455 g/mol. The molecule has 9 nitrogen and oxygen atoms in total. The summed E-state index contributed by atoms with van der Waals surface area (Å²) in [5, 5.41) is 13.2. The lowest BCUT2D eigenvalue weighted by Gasteiger charge is -2.12. The summed E-state index contributed by atoms with van der Waals surface area (Å²) in [5.74, 6) is 2.18. The van der Waals surface area contributed by atoms with Crippen LogP contribution < -0.4 is 19.5 Å². The molecule has 2 aliphatic rings. The number of aromatic nitrogens is 1. The molecular formula is C22H18ClN3O6. The Bertz CT molecular complexity index is 1160. The fourth-order valence-electron chi connectivity index (χ4n) is 3.59. The molecular weight excluding hydrogens is 438 g/mol. The molecule has 1 N–H and O–H groups in total. The Hall–Kier alpha value is -3.85. The van der Waals surface area contributed by atoms with Crippen molar-refractivity contribution in [2.75, 3.05) is 11.9 Å². The number of fused-ring (bicyclic) bond motifs is 2. The Morgan fingerprint density at radius 2 is 1.91 bits per heavy atom. The lowest BCUT2D eigenvalue weighted by atomic mass is 9.97. The highest BCUT2D eigenvalue weighted by atomic mass is 35.5. The predicted molar refractivity (Wildman–Crippen MR) is 117 cm³/mol. The number of nitro groups is 1. The van der Waals surface area contributed by atoms with Gasteiger partial charge in [-0.05, 0) is 43.2 Å². The van der Waals surface area contributed by atoms with Gasteiger partial charge in [0, 0.05) is 29.2 Å². The van der Waals surface area contributed by atoms with Crippen LogP contribution in [-0.4, -0.2) is 22.6 Å². The number of non-ortho nitro benzene ring substituents is 1. The number of nitrogens with zero attached hydrogens (tertiary/aromatic N) is 2. The molecule has 1 amide bonds. The van der Waals surface area contributed by atoms with Gasteiger partial charge in [-0.2, -0.15) is 0 Å². The standard InChI is InChI=1S/C22H17N3O6.ClH/c26-21(30-16-7-5-15(6-8-16)25(27)28)24-14-4-9-19(23-12-14)31-18-3-1-2-17-20(18)22(10-11-22)13-29-17;/h1-9,12H,10-11,13H2,(H,24,26);1H. The summed E-state index contributed by atoms with van der Waals surface area (Å²) < 4.78 is 16.9. The largest absolute Gasteiger partial charge is 0.492 e. The van der Waals surface area contributed by atoms with Gasteiger partial charge in [-0.25, -0.2) is 9.78 Å². The Morgan fingerprint density at radius 3 is 2.56 bits per heavy atom. The van der Waals surface area contributed by atoms with Crippen LogP contribution >= 0.6 is 12.4 Å². The van der Waals surface area contributed by atoms with Crippen molar-refractivity contribution in [3.05, 3.63) is 76.5 Å². The highest BCUT2D eigenvalue weighted by Crippen LogP contribution is 2.58. The van der Waals surface area contributed by atoms with Crippen LogP contribution in [0.15, 0.2) is 60.8 Å². The Balaban J connectivity index is 0.00000245. The summed E-state index contributed by atoms with van der Waals surface area (Å²) in [6, 6.07) is 14.3. The highest BCUT2D eigenvalue weighted by molar-refractivity contribution is 5.86. The zero-order valence-corrected chi connectivity index (χ0v) is 17.5. The third kappa shape index (κ3) is 4.15. The number of carbonyl (C=O) groups is 1. The van der Waals surface area contributed by atoms with Crippen LogP contribution in [0.2, 0.25) is 0 Å². The van der Waals surface area contributed by atoms with E-state index < -0.39 is 11.0 Å². The molecule has 1 aromatic heterocycles. The van der Waals surface area contributed by atoms with E-state index >= 15 is 0 Å². The number of carbonyl (C=O) groups excluding carboxylic acids is 1. The van der Waals surface area contributed by atoms with E-state index in [1.165, 1.54) is 30.5 Å². The number of rotatable bonds is 5. The van der Waals surface area contributed by atoms with E-state index in [9.17, 15) is 14.9 Å². The number of hydrogen-bond acceptors (Lipinski definition) is 7. The van der Waals surface area contributed by atoms with Gasteiger partial charge in [0.2, 0.25) is 5.88 Å². The van der Waals surface area contributed by atoms with Crippen LogP contribution in [0.3, 0.4) is 0 Å². The van der Waals surface area contributed by atoms with E-state index in [0.717, 1.165) is 29.9 Å². The van der Waals surface area contributed by atoms with E-state index in [4.69, 9.17) is 14.2 Å². The van der Waals surface area contributed by atoms with Crippen molar-refractivity contribution in [1.82, 2.24) is 4.98 Å². The van der Waals surface area contributed by atoms with Gasteiger partial charge in [-0.15, -0.1) is 12.4 Å². The molecule has 0 bridgehead atoms. The number of benzene rings is 2. The molecule has 3 aromatic rings. The molecule has 1 fully saturated rings. The third-order valence-electron chi connectivity index (χ3n) is 5.33. The van der Waals surface area contributed by atoms with Gasteiger partial charge >= 0.3 is 6.09 Å². The van der Waals surface area contributed by atoms with Crippen molar-refractivity contribution in [3.8, 4) is 23.1 Å². The number of nitrogens with one attached hydrogen (secondary N) is 1. The number of pyridine rings is 1. The molecule has 0 radical (unpaired) electrons. The van der Waals surface area contributed by atoms with Crippen molar-refractivity contribution in [1.29, 1.82) is 0 Å². The molecule has 2 aromatic carbocycles. The summed E-state index contributed by atoms with van der Waals surface area (Å²) in [7, 11) is 0. The fourth-order valence-corrected chi connectivity index (χ4v) is 3.59. The Kier molecular flexibility index (Phi) is 5.58. The van der Waals surface area contributed by atoms with Crippen molar-refractivity contribution in [3.63, 3.8) is 0 Å². The van der Waals surface area contributed by atoms with E-state index in [-0.39, 0.29) is 29.3 Å². The van der Waals surface area contributed by atoms with E-state index in [2.05, 4.69) is 10.3 Å². The van der Waals surface area contributed by atoms with Gasteiger partial charge in [-0.3, -0.25) is 15.4 Å². The van der Waals surface area contributed by atoms with Gasteiger partial charge in [-0.1, -0.05) is 6.07 Å². The first-order chi connectivity index (χ1) is 15.0. The minimum atomic E-state index is -0.738. The molecule has 0 atom stereocenters. The van der Waals surface area contributed by atoms with Gasteiger partial charge < -0.3 is 14.2 Å². The first kappa shape index (κ1) is 21.4. The number of halogens is 1. The second kappa shape index (κ2) is 8.35. The maximum atomic E-state index is 12.0. The first-order valence-corrected chi connectivity index (χ1v) is 9.66. The number of hydrogen-bond donors (Lipinski definition) is 1. The van der Waals surface area contributed by atoms with E-state index in [1.54, 1.807) is 12.1 Å². The Morgan fingerprint density at radius 1 is 1.12 bits per heavy atom. The molecule has 1 spiro atoms. The lowest BCUT2D eigenvalue weighted by molar-refractivity contribution is -0.384. The topological polar surface area (TPSA) is 113 Å². The summed E-state index contributed by atoms with van der Waals surface area (Å²) in [6.07, 6.45) is 2.90. The van der Waals surface area contributed by atoms with Gasteiger partial charge in [0.15, 0.2) is 0 Å². The zero-order valence-electron chi connectivity index (χ0n) is 16.6. The van der Waals surface area contributed by atoms with Crippen LogP contribution in [-0.2, 0) is 5.41 Å². The van der Waals surface area contributed by atoms with E-state index in [1.807, 2.05) is 18.2 Å². The smallest absolute Gasteiger partial charge is 0.417 e. The lowest BCUT2D eigenvalue weighted by Crippen LogP contribution is -2.16. The number of nitro benzene ring substituents is 1. The maximum Gasteiger partial charge on any atom is 0.417 e. The zero-order chi connectivity index (χ0) is 21.4. The van der Waals surface area contributed by atoms with Crippen LogP contribution in [0, 0.1) is 10.1 Å². The van der Waals surface area contributed by atoms with E-state index in [0.29, 0.717) is 18.2 Å². The third-order valence-corrected chi connectivity index (χ3v) is 5.33. The number of anilines is 1. The minimum absolute atomic E-state index is 0. The second-order valence-electron chi connectivity index (χ2n) is 7.45. The first-order valence-electron chi connectivity index (χ1n) is 9.66. The van der Waals surface area contributed by atoms with Gasteiger partial charge in [0.05, 0.1) is 23.4 Å². The normalized spacial score (nSPS) is 14.5. The average Bonchev–Trinajstić information content (AvgIpc) is 3.45. The molecule has 1 aliphatic carbocycles. The van der Waals surface area contributed by atoms with Crippen LogP contribution in [0.4, 0.5) is 16.2 Å². The minimum Gasteiger partial charge on any atom is -0.492 e. The number of amides is 1. The van der Waals surface area contributed by atoms with Gasteiger partial charge in [0.25, 0.3) is 5.69 Å². The molecule has 0 saturated heterocycles. The van der Waals surface area contributed by atoms with Crippen LogP contribution in [0.1, 0.15) is 18.4 Å². The maximum absolute atomic E-state index is 12.0. The van der Waals surface area contributed by atoms with Crippen LogP contribution in [0.5, 0.6) is 23.1 Å². The number of ether oxygens (including phenoxy) is 3. The van der Waals surface area contributed by atoms with Crippen molar-refractivity contribution < 1.29 is 23.9 Å². The second-order valence-corrected chi connectivity index (χ2v) is 7.45. The van der Waals surface area contributed by atoms with Crippen molar-refractivity contribution >= 4 is 29.9 Å².